The lowest BCUT2D eigenvalue weighted by molar-refractivity contribution is 0.482. The van der Waals surface area contributed by atoms with E-state index in [2.05, 4.69) is 21.5 Å². The zero-order valence-corrected chi connectivity index (χ0v) is 14.1. The first kappa shape index (κ1) is 15.8. The first-order chi connectivity index (χ1) is 12.7. The van der Waals surface area contributed by atoms with Crippen molar-refractivity contribution in [1.29, 1.82) is 5.26 Å². The fourth-order valence-electron chi connectivity index (χ4n) is 2.29. The Morgan fingerprint density at radius 1 is 1.12 bits per heavy atom. The average molecular weight is 361 g/mol. The zero-order valence-electron chi connectivity index (χ0n) is 13.3. The van der Waals surface area contributed by atoms with Crippen LogP contribution in [-0.4, -0.2) is 14.6 Å². The molecule has 0 aliphatic heterocycles. The number of nitriles is 1. The maximum Gasteiger partial charge on any atom is 0.275 e. The molecule has 0 fully saturated rings. The van der Waals surface area contributed by atoms with Gasteiger partial charge in [0.2, 0.25) is 10.1 Å². The summed E-state index contributed by atoms with van der Waals surface area (Å²) in [7, 11) is 0. The Bertz CT molecular complexity index is 1170. The summed E-state index contributed by atoms with van der Waals surface area (Å²) in [5.74, 6) is 1.24. The molecule has 0 bridgehead atoms. The van der Waals surface area contributed by atoms with Crippen LogP contribution in [0.3, 0.4) is 0 Å². The molecule has 0 saturated heterocycles. The summed E-state index contributed by atoms with van der Waals surface area (Å²) in [4.78, 5) is 16.4. The summed E-state index contributed by atoms with van der Waals surface area (Å²) in [6.07, 6.45) is 1.47. The van der Waals surface area contributed by atoms with E-state index < -0.39 is 0 Å². The van der Waals surface area contributed by atoms with Crippen LogP contribution >= 0.6 is 11.3 Å². The van der Waals surface area contributed by atoms with Gasteiger partial charge in [-0.15, -0.1) is 5.10 Å². The lowest BCUT2D eigenvalue weighted by Gasteiger charge is -2.07. The van der Waals surface area contributed by atoms with E-state index in [9.17, 15) is 4.79 Å². The van der Waals surface area contributed by atoms with Gasteiger partial charge >= 0.3 is 0 Å². The highest BCUT2D eigenvalue weighted by Crippen LogP contribution is 2.26. The molecule has 0 aliphatic carbocycles. The molecule has 2 aromatic heterocycles. The van der Waals surface area contributed by atoms with Crippen molar-refractivity contribution in [2.45, 2.75) is 0 Å². The van der Waals surface area contributed by atoms with E-state index in [4.69, 9.17) is 10.00 Å². The van der Waals surface area contributed by atoms with E-state index >= 15 is 0 Å². The molecule has 26 heavy (non-hydrogen) atoms. The van der Waals surface area contributed by atoms with Crippen molar-refractivity contribution in [3.8, 4) is 17.6 Å². The Hall–Kier alpha value is -3.70. The van der Waals surface area contributed by atoms with Crippen molar-refractivity contribution >= 4 is 27.1 Å². The van der Waals surface area contributed by atoms with Gasteiger partial charge in [0, 0.05) is 18.0 Å². The molecule has 126 valence electrons. The molecule has 1 N–H and O–H groups in total. The van der Waals surface area contributed by atoms with E-state index in [0.29, 0.717) is 27.2 Å². The fraction of sp³-hybridized carbons (Fsp3) is 0. The van der Waals surface area contributed by atoms with Crippen LogP contribution in [0.15, 0.2) is 65.6 Å². The van der Waals surface area contributed by atoms with Crippen molar-refractivity contribution < 1.29 is 4.74 Å². The second kappa shape index (κ2) is 6.66. The van der Waals surface area contributed by atoms with Crippen LogP contribution in [0.2, 0.25) is 0 Å². The normalized spacial score (nSPS) is 10.4. The van der Waals surface area contributed by atoms with Crippen molar-refractivity contribution in [3.63, 3.8) is 0 Å². The first-order valence-electron chi connectivity index (χ1n) is 7.61. The van der Waals surface area contributed by atoms with Gasteiger partial charge in [0.05, 0.1) is 11.6 Å². The first-order valence-corrected chi connectivity index (χ1v) is 8.43. The van der Waals surface area contributed by atoms with Crippen LogP contribution in [0.1, 0.15) is 5.56 Å². The van der Waals surface area contributed by atoms with Gasteiger partial charge in [0.25, 0.3) is 5.56 Å². The lowest BCUT2D eigenvalue weighted by atomic mass is 10.2. The number of benzene rings is 2. The monoisotopic (exact) mass is 361 g/mol. The summed E-state index contributed by atoms with van der Waals surface area (Å²) in [5, 5.41) is 16.8. The largest absolute Gasteiger partial charge is 0.457 e. The summed E-state index contributed by atoms with van der Waals surface area (Å²) < 4.78 is 7.00. The molecular formula is C18H11N5O2S. The highest BCUT2D eigenvalue weighted by atomic mass is 32.1. The average Bonchev–Trinajstić information content (AvgIpc) is 3.07. The standard InChI is InChI=1S/C18H11N5O2S/c19-11-12-2-1-3-15(10-12)25-14-6-4-13(5-7-14)21-17-22-23-16(24)8-9-20-18(23)26-17/h1-10H,(H,21,22). The maximum atomic E-state index is 11.7. The van der Waals surface area contributed by atoms with Gasteiger partial charge in [-0.25, -0.2) is 4.98 Å². The second-order valence-electron chi connectivity index (χ2n) is 5.28. The molecule has 0 saturated carbocycles. The summed E-state index contributed by atoms with van der Waals surface area (Å²) >= 11 is 1.28. The van der Waals surface area contributed by atoms with E-state index in [1.807, 2.05) is 12.1 Å². The zero-order chi connectivity index (χ0) is 17.9. The van der Waals surface area contributed by atoms with Crippen molar-refractivity contribution in [2.75, 3.05) is 5.32 Å². The highest BCUT2D eigenvalue weighted by molar-refractivity contribution is 7.20. The Labute approximate surface area is 151 Å². The van der Waals surface area contributed by atoms with Gasteiger partial charge < -0.3 is 10.1 Å². The molecule has 0 radical (unpaired) electrons. The van der Waals surface area contributed by atoms with Crippen LogP contribution < -0.4 is 15.6 Å². The molecular weight excluding hydrogens is 350 g/mol. The Kier molecular flexibility index (Phi) is 4.05. The second-order valence-corrected chi connectivity index (χ2v) is 6.23. The summed E-state index contributed by atoms with van der Waals surface area (Å²) in [5.41, 5.74) is 1.12. The molecule has 4 aromatic rings. The number of nitrogens with one attached hydrogen (secondary N) is 1. The Morgan fingerprint density at radius 3 is 2.73 bits per heavy atom. The Morgan fingerprint density at radius 2 is 1.96 bits per heavy atom. The van der Waals surface area contributed by atoms with Crippen molar-refractivity contribution in [2.24, 2.45) is 0 Å². The highest BCUT2D eigenvalue weighted by Gasteiger charge is 2.06. The number of anilines is 2. The number of rotatable bonds is 4. The number of nitrogens with zero attached hydrogens (tertiary/aromatic N) is 4. The maximum absolute atomic E-state index is 11.7. The third kappa shape index (κ3) is 3.24. The molecule has 2 heterocycles. The third-order valence-electron chi connectivity index (χ3n) is 3.48. The number of hydrogen-bond donors (Lipinski definition) is 1. The molecule has 0 atom stereocenters. The van der Waals surface area contributed by atoms with Gasteiger partial charge in [0.15, 0.2) is 0 Å². The minimum Gasteiger partial charge on any atom is -0.457 e. The quantitative estimate of drug-likeness (QED) is 0.597. The van der Waals surface area contributed by atoms with Crippen LogP contribution in [0.4, 0.5) is 10.8 Å². The van der Waals surface area contributed by atoms with E-state index in [1.54, 1.807) is 36.4 Å². The number of ether oxygens (including phenoxy) is 1. The molecule has 7 nitrogen and oxygen atoms in total. The predicted octanol–water partition coefficient (Wildman–Crippen LogP) is 3.56. The predicted molar refractivity (Wildman–Crippen MR) is 98.1 cm³/mol. The van der Waals surface area contributed by atoms with Gasteiger partial charge in [-0.2, -0.15) is 9.78 Å². The van der Waals surface area contributed by atoms with Crippen LogP contribution in [0, 0.1) is 11.3 Å². The number of aromatic nitrogens is 3. The number of hydrogen-bond acceptors (Lipinski definition) is 7. The van der Waals surface area contributed by atoms with Crippen molar-refractivity contribution in [3.05, 3.63) is 76.7 Å². The molecule has 0 unspecified atom stereocenters. The van der Waals surface area contributed by atoms with Crippen LogP contribution in [0.25, 0.3) is 4.96 Å². The minimum absolute atomic E-state index is 0.220. The fourth-order valence-corrected chi connectivity index (χ4v) is 3.08. The third-order valence-corrected chi connectivity index (χ3v) is 4.31. The van der Waals surface area contributed by atoms with Gasteiger partial charge in [-0.3, -0.25) is 4.79 Å². The Balaban J connectivity index is 1.51. The van der Waals surface area contributed by atoms with Gasteiger partial charge in [-0.1, -0.05) is 17.4 Å². The molecule has 0 spiro atoms. The van der Waals surface area contributed by atoms with Gasteiger partial charge in [-0.05, 0) is 42.5 Å². The SMILES string of the molecule is N#Cc1cccc(Oc2ccc(Nc3nn4c(=O)ccnc4s3)cc2)c1. The van der Waals surface area contributed by atoms with Crippen LogP contribution in [-0.2, 0) is 0 Å². The topological polar surface area (TPSA) is 92.3 Å². The molecule has 0 aliphatic rings. The summed E-state index contributed by atoms with van der Waals surface area (Å²) in [6, 6.07) is 17.7. The van der Waals surface area contributed by atoms with Crippen LogP contribution in [0.5, 0.6) is 11.5 Å². The molecule has 2 aromatic carbocycles. The summed E-state index contributed by atoms with van der Waals surface area (Å²) in [6.45, 7) is 0. The van der Waals surface area contributed by atoms with E-state index in [-0.39, 0.29) is 5.56 Å². The molecule has 0 amide bonds. The number of fused-ring (bicyclic) bond motifs is 1. The lowest BCUT2D eigenvalue weighted by Crippen LogP contribution is -2.12. The van der Waals surface area contributed by atoms with Crippen molar-refractivity contribution in [1.82, 2.24) is 14.6 Å². The van der Waals surface area contributed by atoms with E-state index in [0.717, 1.165) is 5.69 Å². The van der Waals surface area contributed by atoms with Gasteiger partial charge in [0.1, 0.15) is 11.5 Å². The van der Waals surface area contributed by atoms with E-state index in [1.165, 1.54) is 28.1 Å². The minimum atomic E-state index is -0.220. The smallest absolute Gasteiger partial charge is 0.275 e. The molecule has 8 heteroatoms. The molecule has 4 rings (SSSR count).